The molecular formula is C18H19N5OS. The van der Waals surface area contributed by atoms with Crippen molar-refractivity contribution >= 4 is 46.5 Å². The number of nitrogen functional groups attached to an aromatic ring is 1. The predicted octanol–water partition coefficient (Wildman–Crippen LogP) is 4.21. The highest BCUT2D eigenvalue weighted by Gasteiger charge is 2.08. The minimum atomic E-state index is 0.267. The highest BCUT2D eigenvalue weighted by atomic mass is 32.1. The first-order chi connectivity index (χ1) is 12.1. The van der Waals surface area contributed by atoms with Crippen molar-refractivity contribution in [1.82, 2.24) is 4.98 Å². The van der Waals surface area contributed by atoms with Gasteiger partial charge in [0.15, 0.2) is 10.9 Å². The minimum absolute atomic E-state index is 0.267. The average Bonchev–Trinajstić information content (AvgIpc) is 3.05. The number of benzene rings is 1. The van der Waals surface area contributed by atoms with Crippen molar-refractivity contribution < 1.29 is 4.42 Å². The second-order valence-corrected chi connectivity index (χ2v) is 5.36. The molecule has 0 fully saturated rings. The van der Waals surface area contributed by atoms with Crippen LogP contribution in [0.2, 0.25) is 0 Å². The largest absolute Gasteiger partial charge is 0.423 e. The van der Waals surface area contributed by atoms with Gasteiger partial charge in [-0.05, 0) is 37.3 Å². The third-order valence-electron chi connectivity index (χ3n) is 3.20. The Hall–Kier alpha value is -3.19. The standard InChI is InChI=1S/C18H19N5OS/c1-3-5-6-12(4-2)16-11-21-17(24-16)23-18(25)22-14-7-8-15(20)13(9-14)10-19/h3-11,19H,2,20H2,1H3,(H2,21,22,23,25)/b5-3-,12-6+,19-10?. The van der Waals surface area contributed by atoms with Crippen molar-refractivity contribution in [2.24, 2.45) is 0 Å². The molecule has 0 aliphatic heterocycles. The number of oxazole rings is 1. The summed E-state index contributed by atoms with van der Waals surface area (Å²) in [6.07, 6.45) is 10.1. The van der Waals surface area contributed by atoms with Gasteiger partial charge in [-0.25, -0.2) is 4.98 Å². The van der Waals surface area contributed by atoms with E-state index in [1.807, 2.05) is 25.2 Å². The molecule has 0 spiro atoms. The number of nitrogens with one attached hydrogen (secondary N) is 3. The molecule has 5 N–H and O–H groups in total. The maximum absolute atomic E-state index is 7.33. The Morgan fingerprint density at radius 1 is 1.40 bits per heavy atom. The van der Waals surface area contributed by atoms with Crippen LogP contribution in [0.3, 0.4) is 0 Å². The summed E-state index contributed by atoms with van der Waals surface area (Å²) in [6.45, 7) is 5.69. The summed E-state index contributed by atoms with van der Waals surface area (Å²) >= 11 is 5.25. The topological polar surface area (TPSA) is 100.0 Å². The van der Waals surface area contributed by atoms with Crippen LogP contribution in [0, 0.1) is 5.41 Å². The van der Waals surface area contributed by atoms with Crippen LogP contribution in [-0.4, -0.2) is 16.3 Å². The first kappa shape index (κ1) is 18.2. The lowest BCUT2D eigenvalue weighted by atomic mass is 10.2. The van der Waals surface area contributed by atoms with Gasteiger partial charge in [-0.1, -0.05) is 30.9 Å². The molecule has 0 bridgehead atoms. The number of hydrogen-bond donors (Lipinski definition) is 4. The molecule has 6 nitrogen and oxygen atoms in total. The lowest BCUT2D eigenvalue weighted by Crippen LogP contribution is -2.19. The summed E-state index contributed by atoms with van der Waals surface area (Å²) in [5, 5.41) is 13.5. The van der Waals surface area contributed by atoms with Crippen LogP contribution in [0.5, 0.6) is 0 Å². The molecule has 0 atom stereocenters. The average molecular weight is 353 g/mol. The van der Waals surface area contributed by atoms with E-state index in [4.69, 9.17) is 27.8 Å². The van der Waals surface area contributed by atoms with Gasteiger partial charge in [-0.15, -0.1) is 0 Å². The van der Waals surface area contributed by atoms with Crippen LogP contribution < -0.4 is 16.4 Å². The molecule has 0 amide bonds. The van der Waals surface area contributed by atoms with Gasteiger partial charge in [0.1, 0.15) is 0 Å². The van der Waals surface area contributed by atoms with Crippen LogP contribution in [0.15, 0.2) is 59.7 Å². The molecule has 1 aromatic heterocycles. The fourth-order valence-corrected chi connectivity index (χ4v) is 2.16. The van der Waals surface area contributed by atoms with Crippen LogP contribution in [0.1, 0.15) is 18.2 Å². The van der Waals surface area contributed by atoms with E-state index in [9.17, 15) is 0 Å². The van der Waals surface area contributed by atoms with Crippen molar-refractivity contribution in [3.8, 4) is 0 Å². The Labute approximate surface area is 151 Å². The molecule has 128 valence electrons. The maximum Gasteiger partial charge on any atom is 0.301 e. The van der Waals surface area contributed by atoms with E-state index in [2.05, 4.69) is 22.2 Å². The summed E-state index contributed by atoms with van der Waals surface area (Å²) in [7, 11) is 0. The van der Waals surface area contributed by atoms with Crippen LogP contribution >= 0.6 is 12.2 Å². The molecule has 2 aromatic rings. The fraction of sp³-hybridized carbons (Fsp3) is 0.0556. The van der Waals surface area contributed by atoms with E-state index >= 15 is 0 Å². The molecule has 0 saturated carbocycles. The number of thiocarbonyl (C=S) groups is 1. The highest BCUT2D eigenvalue weighted by molar-refractivity contribution is 7.80. The molecule has 0 saturated heterocycles. The lowest BCUT2D eigenvalue weighted by molar-refractivity contribution is 0.566. The molecule has 7 heteroatoms. The van der Waals surface area contributed by atoms with E-state index in [1.54, 1.807) is 30.5 Å². The number of hydrogen-bond acceptors (Lipinski definition) is 5. The van der Waals surface area contributed by atoms with Gasteiger partial charge in [-0.3, -0.25) is 5.32 Å². The van der Waals surface area contributed by atoms with Gasteiger partial charge in [0, 0.05) is 28.7 Å². The van der Waals surface area contributed by atoms with E-state index in [1.165, 1.54) is 6.21 Å². The van der Waals surface area contributed by atoms with E-state index in [-0.39, 0.29) is 6.01 Å². The second kappa shape index (κ2) is 8.60. The summed E-state index contributed by atoms with van der Waals surface area (Å²) in [5.41, 5.74) is 8.42. The number of aromatic nitrogens is 1. The van der Waals surface area contributed by atoms with Crippen LogP contribution in [0.25, 0.3) is 5.57 Å². The number of nitrogens with zero attached hydrogens (tertiary/aromatic N) is 1. The highest BCUT2D eigenvalue weighted by Crippen LogP contribution is 2.20. The van der Waals surface area contributed by atoms with Gasteiger partial charge in [0.05, 0.1) is 6.20 Å². The number of rotatable bonds is 6. The summed E-state index contributed by atoms with van der Waals surface area (Å²) in [4.78, 5) is 4.15. The monoisotopic (exact) mass is 353 g/mol. The molecular weight excluding hydrogens is 334 g/mol. The third kappa shape index (κ3) is 4.89. The fourth-order valence-electron chi connectivity index (χ4n) is 1.95. The Morgan fingerprint density at radius 3 is 2.88 bits per heavy atom. The normalized spacial score (nSPS) is 11.3. The minimum Gasteiger partial charge on any atom is -0.423 e. The van der Waals surface area contributed by atoms with Gasteiger partial charge < -0.3 is 20.9 Å². The summed E-state index contributed by atoms with van der Waals surface area (Å²) < 4.78 is 5.63. The zero-order valence-corrected chi connectivity index (χ0v) is 14.6. The Balaban J connectivity index is 2.06. The maximum atomic E-state index is 7.33. The van der Waals surface area contributed by atoms with Crippen molar-refractivity contribution in [3.05, 3.63) is 66.6 Å². The summed E-state index contributed by atoms with van der Waals surface area (Å²) in [5.74, 6) is 0.581. The Bertz CT molecular complexity index is 851. The van der Waals surface area contributed by atoms with Gasteiger partial charge in [0.2, 0.25) is 0 Å². The summed E-state index contributed by atoms with van der Waals surface area (Å²) in [6, 6.07) is 5.47. The molecule has 1 aromatic carbocycles. The number of nitrogens with two attached hydrogens (primary N) is 1. The molecule has 2 rings (SSSR count). The predicted molar refractivity (Wildman–Crippen MR) is 108 cm³/mol. The molecule has 25 heavy (non-hydrogen) atoms. The molecule has 0 radical (unpaired) electrons. The van der Waals surface area contributed by atoms with Gasteiger partial charge in [0.25, 0.3) is 0 Å². The third-order valence-corrected chi connectivity index (χ3v) is 3.40. The van der Waals surface area contributed by atoms with Crippen molar-refractivity contribution in [3.63, 3.8) is 0 Å². The van der Waals surface area contributed by atoms with Crippen molar-refractivity contribution in [2.45, 2.75) is 6.92 Å². The lowest BCUT2D eigenvalue weighted by Gasteiger charge is -2.09. The first-order valence-corrected chi connectivity index (χ1v) is 7.87. The Morgan fingerprint density at radius 2 is 2.20 bits per heavy atom. The SMILES string of the molecule is C=C/C(=C\C=C/C)c1cnc(NC(=S)Nc2ccc(N)c(C=N)c2)o1. The molecule has 1 heterocycles. The zero-order valence-electron chi connectivity index (χ0n) is 13.7. The van der Waals surface area contributed by atoms with E-state index in [0.717, 1.165) is 5.57 Å². The number of anilines is 3. The van der Waals surface area contributed by atoms with Gasteiger partial charge >= 0.3 is 6.01 Å². The zero-order chi connectivity index (χ0) is 18.2. The van der Waals surface area contributed by atoms with Crippen molar-refractivity contribution in [1.29, 1.82) is 5.41 Å². The van der Waals surface area contributed by atoms with Crippen molar-refractivity contribution in [2.75, 3.05) is 16.4 Å². The van der Waals surface area contributed by atoms with Crippen LogP contribution in [0.4, 0.5) is 17.4 Å². The van der Waals surface area contributed by atoms with E-state index < -0.39 is 0 Å². The molecule has 0 unspecified atom stereocenters. The Kier molecular flexibility index (Phi) is 6.25. The van der Waals surface area contributed by atoms with Crippen LogP contribution in [-0.2, 0) is 0 Å². The quantitative estimate of drug-likeness (QED) is 0.269. The van der Waals surface area contributed by atoms with E-state index in [0.29, 0.717) is 27.8 Å². The first-order valence-electron chi connectivity index (χ1n) is 7.47. The number of allylic oxidation sites excluding steroid dienone is 5. The molecule has 0 aliphatic carbocycles. The second-order valence-electron chi connectivity index (χ2n) is 4.95. The smallest absolute Gasteiger partial charge is 0.301 e. The van der Waals surface area contributed by atoms with Gasteiger partial charge in [-0.2, -0.15) is 0 Å². The molecule has 0 aliphatic rings.